The van der Waals surface area contributed by atoms with Crippen molar-refractivity contribution in [1.82, 2.24) is 0 Å². The summed E-state index contributed by atoms with van der Waals surface area (Å²) in [6.07, 6.45) is -3.04. The SMILES string of the molecule is C/C(O)=C\C=C(/N)C(F)(F)F. The average molecular weight is 167 g/mol. The van der Waals surface area contributed by atoms with Gasteiger partial charge in [0.15, 0.2) is 0 Å². The second-order valence-corrected chi connectivity index (χ2v) is 1.93. The largest absolute Gasteiger partial charge is 0.513 e. The highest BCUT2D eigenvalue weighted by molar-refractivity contribution is 5.14. The van der Waals surface area contributed by atoms with Crippen molar-refractivity contribution < 1.29 is 18.3 Å². The zero-order valence-corrected chi connectivity index (χ0v) is 5.81. The molecule has 0 atom stereocenters. The summed E-state index contributed by atoms with van der Waals surface area (Å²) in [7, 11) is 0. The first-order valence-corrected chi connectivity index (χ1v) is 2.74. The number of rotatable bonds is 1. The van der Waals surface area contributed by atoms with Gasteiger partial charge in [-0.25, -0.2) is 0 Å². The van der Waals surface area contributed by atoms with Crippen LogP contribution in [0.4, 0.5) is 13.2 Å². The van der Waals surface area contributed by atoms with Crippen LogP contribution in [0.5, 0.6) is 0 Å². The van der Waals surface area contributed by atoms with Gasteiger partial charge in [0.05, 0.1) is 5.76 Å². The molecule has 0 unspecified atom stereocenters. The Bertz CT molecular complexity index is 188. The quantitative estimate of drug-likeness (QED) is 0.462. The molecular weight excluding hydrogens is 159 g/mol. The normalized spacial score (nSPS) is 15.3. The highest BCUT2D eigenvalue weighted by Crippen LogP contribution is 2.21. The molecule has 0 saturated heterocycles. The molecule has 0 amide bonds. The highest BCUT2D eigenvalue weighted by Gasteiger charge is 2.30. The highest BCUT2D eigenvalue weighted by atomic mass is 19.4. The summed E-state index contributed by atoms with van der Waals surface area (Å²) in [5.41, 5.74) is 3.35. The van der Waals surface area contributed by atoms with E-state index < -0.39 is 11.9 Å². The number of hydrogen-bond acceptors (Lipinski definition) is 2. The minimum absolute atomic E-state index is 0.225. The third kappa shape index (κ3) is 4.30. The Kier molecular flexibility index (Phi) is 2.98. The van der Waals surface area contributed by atoms with Gasteiger partial charge in [-0.15, -0.1) is 0 Å². The van der Waals surface area contributed by atoms with Crippen molar-refractivity contribution in [3.63, 3.8) is 0 Å². The van der Waals surface area contributed by atoms with E-state index in [1.54, 1.807) is 0 Å². The van der Waals surface area contributed by atoms with E-state index in [4.69, 9.17) is 5.11 Å². The lowest BCUT2D eigenvalue weighted by Crippen LogP contribution is -2.18. The van der Waals surface area contributed by atoms with E-state index >= 15 is 0 Å². The van der Waals surface area contributed by atoms with E-state index in [0.29, 0.717) is 6.08 Å². The molecule has 0 rings (SSSR count). The Balaban J connectivity index is 4.36. The van der Waals surface area contributed by atoms with Gasteiger partial charge in [0.1, 0.15) is 5.70 Å². The van der Waals surface area contributed by atoms with Crippen molar-refractivity contribution in [2.24, 2.45) is 5.73 Å². The molecule has 5 heteroatoms. The number of nitrogens with two attached hydrogens (primary N) is 1. The number of hydrogen-bond donors (Lipinski definition) is 2. The van der Waals surface area contributed by atoms with Crippen LogP contribution in [0.3, 0.4) is 0 Å². The standard InChI is InChI=1S/C6H8F3NO/c1-4(11)2-3-5(10)6(7,8)9/h2-3,11H,10H2,1H3/b4-2+,5-3-. The summed E-state index contributed by atoms with van der Waals surface area (Å²) < 4.78 is 34.8. The molecule has 0 aliphatic rings. The maximum absolute atomic E-state index is 11.6. The van der Waals surface area contributed by atoms with Crippen molar-refractivity contribution >= 4 is 0 Å². The fraction of sp³-hybridized carbons (Fsp3) is 0.333. The van der Waals surface area contributed by atoms with Gasteiger partial charge in [-0.05, 0) is 19.1 Å². The molecule has 0 aliphatic carbocycles. The van der Waals surface area contributed by atoms with E-state index in [9.17, 15) is 13.2 Å². The van der Waals surface area contributed by atoms with Gasteiger partial charge >= 0.3 is 6.18 Å². The maximum atomic E-state index is 11.6. The van der Waals surface area contributed by atoms with Crippen molar-refractivity contribution in [1.29, 1.82) is 0 Å². The Morgan fingerprint density at radius 3 is 2.09 bits per heavy atom. The van der Waals surface area contributed by atoms with Crippen LogP contribution in [0.15, 0.2) is 23.6 Å². The lowest BCUT2D eigenvalue weighted by Gasteiger charge is -2.03. The summed E-state index contributed by atoms with van der Waals surface area (Å²) in [6.45, 7) is 1.25. The summed E-state index contributed by atoms with van der Waals surface area (Å²) in [5, 5.41) is 8.46. The van der Waals surface area contributed by atoms with Crippen molar-refractivity contribution in [3.8, 4) is 0 Å². The fourth-order valence-corrected chi connectivity index (χ4v) is 0.305. The third-order valence-electron chi connectivity index (χ3n) is 0.831. The molecule has 0 heterocycles. The Hall–Kier alpha value is -1.13. The zero-order chi connectivity index (χ0) is 9.07. The molecule has 0 bridgehead atoms. The van der Waals surface area contributed by atoms with Gasteiger partial charge in [0.2, 0.25) is 0 Å². The fourth-order valence-electron chi connectivity index (χ4n) is 0.305. The van der Waals surface area contributed by atoms with Crippen molar-refractivity contribution in [2.75, 3.05) is 0 Å². The van der Waals surface area contributed by atoms with Gasteiger partial charge in [-0.2, -0.15) is 13.2 Å². The van der Waals surface area contributed by atoms with Gasteiger partial charge in [0.25, 0.3) is 0 Å². The predicted octanol–water partition coefficient (Wildman–Crippen LogP) is 1.85. The smallest absolute Gasteiger partial charge is 0.430 e. The van der Waals surface area contributed by atoms with Crippen LogP contribution in [0.25, 0.3) is 0 Å². The molecule has 3 N–H and O–H groups in total. The number of halogens is 3. The lowest BCUT2D eigenvalue weighted by molar-refractivity contribution is -0.0926. The van der Waals surface area contributed by atoms with Gasteiger partial charge in [0, 0.05) is 0 Å². The van der Waals surface area contributed by atoms with E-state index in [1.807, 2.05) is 0 Å². The van der Waals surface area contributed by atoms with Gasteiger partial charge < -0.3 is 10.8 Å². The van der Waals surface area contributed by atoms with Crippen molar-refractivity contribution in [3.05, 3.63) is 23.6 Å². The Morgan fingerprint density at radius 2 is 1.82 bits per heavy atom. The third-order valence-corrected chi connectivity index (χ3v) is 0.831. The summed E-state index contributed by atoms with van der Waals surface area (Å²) in [5.74, 6) is -0.225. The first-order chi connectivity index (χ1) is 4.84. The Morgan fingerprint density at radius 1 is 1.36 bits per heavy atom. The molecule has 11 heavy (non-hydrogen) atoms. The van der Waals surface area contributed by atoms with E-state index in [0.717, 1.165) is 6.08 Å². The summed E-state index contributed by atoms with van der Waals surface area (Å²) in [4.78, 5) is 0. The second kappa shape index (κ2) is 3.32. The average Bonchev–Trinajstić information content (AvgIpc) is 1.80. The molecule has 0 saturated carbocycles. The molecule has 0 fully saturated rings. The van der Waals surface area contributed by atoms with Gasteiger partial charge in [-0.3, -0.25) is 0 Å². The van der Waals surface area contributed by atoms with E-state index in [2.05, 4.69) is 5.73 Å². The second-order valence-electron chi connectivity index (χ2n) is 1.93. The first-order valence-electron chi connectivity index (χ1n) is 2.74. The molecule has 0 aromatic carbocycles. The molecule has 0 aromatic rings. The number of allylic oxidation sites excluding steroid dienone is 4. The molecular formula is C6H8F3NO. The first kappa shape index (κ1) is 9.87. The molecule has 0 spiro atoms. The van der Waals surface area contributed by atoms with Crippen LogP contribution in [0, 0.1) is 0 Å². The van der Waals surface area contributed by atoms with E-state index in [-0.39, 0.29) is 5.76 Å². The number of aliphatic hydroxyl groups excluding tert-OH is 1. The van der Waals surface area contributed by atoms with Crippen molar-refractivity contribution in [2.45, 2.75) is 13.1 Å². The van der Waals surface area contributed by atoms with Crippen LogP contribution in [-0.4, -0.2) is 11.3 Å². The molecule has 0 aromatic heterocycles. The Labute approximate surface area is 61.8 Å². The summed E-state index contributed by atoms with van der Waals surface area (Å²) >= 11 is 0. The minimum Gasteiger partial charge on any atom is -0.513 e. The van der Waals surface area contributed by atoms with E-state index in [1.165, 1.54) is 6.92 Å². The lowest BCUT2D eigenvalue weighted by atomic mass is 10.3. The monoisotopic (exact) mass is 167 g/mol. The molecule has 0 aliphatic heterocycles. The molecule has 2 nitrogen and oxygen atoms in total. The van der Waals surface area contributed by atoms with Crippen LogP contribution in [0.2, 0.25) is 0 Å². The van der Waals surface area contributed by atoms with Gasteiger partial charge in [-0.1, -0.05) is 0 Å². The predicted molar refractivity (Wildman–Crippen MR) is 34.7 cm³/mol. The van der Waals surface area contributed by atoms with Crippen LogP contribution < -0.4 is 5.73 Å². The number of aliphatic hydroxyl groups is 1. The minimum atomic E-state index is -4.52. The van der Waals surface area contributed by atoms with Crippen LogP contribution >= 0.6 is 0 Å². The topological polar surface area (TPSA) is 46.2 Å². The number of alkyl halides is 3. The molecule has 0 radical (unpaired) electrons. The zero-order valence-electron chi connectivity index (χ0n) is 5.81. The van der Waals surface area contributed by atoms with Crippen LogP contribution in [-0.2, 0) is 0 Å². The maximum Gasteiger partial charge on any atom is 0.430 e. The van der Waals surface area contributed by atoms with Crippen LogP contribution in [0.1, 0.15) is 6.92 Å². The summed E-state index contributed by atoms with van der Waals surface area (Å²) in [6, 6.07) is 0. The molecule has 64 valence electrons.